The number of thiazole rings is 1. The van der Waals surface area contributed by atoms with Crippen LogP contribution < -0.4 is 5.32 Å². The quantitative estimate of drug-likeness (QED) is 0.919. The molecule has 2 rings (SSSR count). The Morgan fingerprint density at radius 2 is 2.33 bits per heavy atom. The van der Waals surface area contributed by atoms with E-state index in [-0.39, 0.29) is 5.91 Å². The topological polar surface area (TPSA) is 42.0 Å². The molecule has 1 N–H and O–H groups in total. The van der Waals surface area contributed by atoms with E-state index in [1.54, 1.807) is 29.5 Å². The molecule has 0 fully saturated rings. The van der Waals surface area contributed by atoms with Crippen LogP contribution in [0, 0.1) is 6.92 Å². The van der Waals surface area contributed by atoms with Gasteiger partial charge in [-0.15, -0.1) is 11.3 Å². The molecule has 0 aliphatic rings. The molecule has 1 amide bonds. The van der Waals surface area contributed by atoms with Crippen LogP contribution in [-0.4, -0.2) is 10.9 Å². The molecular formula is C12H10BrClN2OS. The molecule has 1 aromatic carbocycles. The van der Waals surface area contributed by atoms with Gasteiger partial charge in [0.2, 0.25) is 0 Å². The molecule has 0 aliphatic carbocycles. The molecule has 0 radical (unpaired) electrons. The number of carbonyl (C=O) groups excluding carboxylic acids is 1. The average molecular weight is 346 g/mol. The Kier molecular flexibility index (Phi) is 4.37. The number of nitrogens with zero attached hydrogens (tertiary/aromatic N) is 1. The molecular weight excluding hydrogens is 336 g/mol. The first kappa shape index (κ1) is 13.5. The zero-order valence-electron chi connectivity index (χ0n) is 9.54. The third-order valence-electron chi connectivity index (χ3n) is 2.29. The Morgan fingerprint density at radius 3 is 3.00 bits per heavy atom. The molecule has 0 saturated carbocycles. The molecule has 1 heterocycles. The molecule has 0 bridgehead atoms. The molecule has 3 nitrogen and oxygen atoms in total. The molecule has 1 aromatic heterocycles. The Hall–Kier alpha value is -0.910. The van der Waals surface area contributed by atoms with Crippen molar-refractivity contribution in [2.45, 2.75) is 13.5 Å². The SMILES string of the molecule is Cc1nc(CNC(=O)c2cccc(Br)c2Cl)cs1. The van der Waals surface area contributed by atoms with E-state index in [1.165, 1.54) is 0 Å². The molecule has 0 unspecified atom stereocenters. The zero-order chi connectivity index (χ0) is 13.1. The maximum atomic E-state index is 12.0. The van der Waals surface area contributed by atoms with Crippen molar-refractivity contribution in [2.24, 2.45) is 0 Å². The fourth-order valence-corrected chi connectivity index (χ4v) is 2.63. The van der Waals surface area contributed by atoms with Crippen LogP contribution in [0.4, 0.5) is 0 Å². The lowest BCUT2D eigenvalue weighted by atomic mass is 10.2. The van der Waals surface area contributed by atoms with Gasteiger partial charge in [0.15, 0.2) is 0 Å². The summed E-state index contributed by atoms with van der Waals surface area (Å²) in [5, 5.41) is 6.13. The summed E-state index contributed by atoms with van der Waals surface area (Å²) in [5.41, 5.74) is 1.31. The van der Waals surface area contributed by atoms with E-state index in [1.807, 2.05) is 12.3 Å². The van der Waals surface area contributed by atoms with Gasteiger partial charge >= 0.3 is 0 Å². The van der Waals surface area contributed by atoms with Crippen LogP contribution in [0.25, 0.3) is 0 Å². The molecule has 0 aliphatic heterocycles. The normalized spacial score (nSPS) is 10.4. The van der Waals surface area contributed by atoms with Gasteiger partial charge in [-0.25, -0.2) is 4.98 Å². The van der Waals surface area contributed by atoms with Gasteiger partial charge < -0.3 is 5.32 Å². The van der Waals surface area contributed by atoms with E-state index in [2.05, 4.69) is 26.2 Å². The van der Waals surface area contributed by atoms with Crippen molar-refractivity contribution in [2.75, 3.05) is 0 Å². The minimum Gasteiger partial charge on any atom is -0.346 e. The molecule has 0 spiro atoms. The number of rotatable bonds is 3. The van der Waals surface area contributed by atoms with Crippen molar-refractivity contribution in [1.29, 1.82) is 0 Å². The third-order valence-corrected chi connectivity index (χ3v) is 4.41. The van der Waals surface area contributed by atoms with Crippen LogP contribution in [0.3, 0.4) is 0 Å². The minimum atomic E-state index is -0.202. The van der Waals surface area contributed by atoms with Gasteiger partial charge in [0, 0.05) is 9.85 Å². The summed E-state index contributed by atoms with van der Waals surface area (Å²) in [7, 11) is 0. The minimum absolute atomic E-state index is 0.202. The summed E-state index contributed by atoms with van der Waals surface area (Å²) in [4.78, 5) is 16.2. The third kappa shape index (κ3) is 3.10. The molecule has 2 aromatic rings. The first-order chi connectivity index (χ1) is 8.58. The zero-order valence-corrected chi connectivity index (χ0v) is 12.7. The number of amides is 1. The van der Waals surface area contributed by atoms with E-state index in [4.69, 9.17) is 11.6 Å². The number of aryl methyl sites for hydroxylation is 1. The van der Waals surface area contributed by atoms with Crippen LogP contribution in [0.15, 0.2) is 28.1 Å². The maximum absolute atomic E-state index is 12.0. The fourth-order valence-electron chi connectivity index (χ4n) is 1.43. The lowest BCUT2D eigenvalue weighted by Gasteiger charge is -2.06. The maximum Gasteiger partial charge on any atom is 0.253 e. The van der Waals surface area contributed by atoms with Crippen molar-refractivity contribution < 1.29 is 4.79 Å². The summed E-state index contributed by atoms with van der Waals surface area (Å²) in [6, 6.07) is 5.26. The van der Waals surface area contributed by atoms with Crippen LogP contribution in [0.5, 0.6) is 0 Å². The summed E-state index contributed by atoms with van der Waals surface area (Å²) in [5.74, 6) is -0.202. The fraction of sp³-hybridized carbons (Fsp3) is 0.167. The lowest BCUT2D eigenvalue weighted by Crippen LogP contribution is -2.23. The monoisotopic (exact) mass is 344 g/mol. The summed E-state index contributed by atoms with van der Waals surface area (Å²) >= 11 is 10.9. The first-order valence-corrected chi connectivity index (χ1v) is 7.26. The molecule has 6 heteroatoms. The van der Waals surface area contributed by atoms with Gasteiger partial charge in [0.1, 0.15) is 0 Å². The predicted molar refractivity (Wildman–Crippen MR) is 77.2 cm³/mol. The Labute approximate surface area is 122 Å². The van der Waals surface area contributed by atoms with Crippen LogP contribution >= 0.6 is 38.9 Å². The molecule has 0 atom stereocenters. The van der Waals surface area contributed by atoms with E-state index in [9.17, 15) is 4.79 Å². The van der Waals surface area contributed by atoms with E-state index >= 15 is 0 Å². The Morgan fingerprint density at radius 1 is 1.56 bits per heavy atom. The van der Waals surface area contributed by atoms with Gasteiger partial charge in [0.25, 0.3) is 5.91 Å². The lowest BCUT2D eigenvalue weighted by molar-refractivity contribution is 0.0950. The van der Waals surface area contributed by atoms with Gasteiger partial charge in [-0.1, -0.05) is 17.7 Å². The van der Waals surface area contributed by atoms with Gasteiger partial charge in [-0.2, -0.15) is 0 Å². The number of hydrogen-bond donors (Lipinski definition) is 1. The van der Waals surface area contributed by atoms with Gasteiger partial charge in [-0.05, 0) is 35.0 Å². The van der Waals surface area contributed by atoms with E-state index in [0.29, 0.717) is 21.6 Å². The van der Waals surface area contributed by atoms with E-state index in [0.717, 1.165) is 10.7 Å². The van der Waals surface area contributed by atoms with Crippen LogP contribution in [-0.2, 0) is 6.54 Å². The first-order valence-electron chi connectivity index (χ1n) is 5.21. The second-order valence-electron chi connectivity index (χ2n) is 3.64. The summed E-state index contributed by atoms with van der Waals surface area (Å²) in [6.07, 6.45) is 0. The van der Waals surface area contributed by atoms with Crippen molar-refractivity contribution in [3.63, 3.8) is 0 Å². The second kappa shape index (κ2) is 5.82. The molecule has 18 heavy (non-hydrogen) atoms. The van der Waals surface area contributed by atoms with Crippen LogP contribution in [0.1, 0.15) is 21.1 Å². The van der Waals surface area contributed by atoms with Crippen molar-refractivity contribution in [3.8, 4) is 0 Å². The molecule has 0 saturated heterocycles. The summed E-state index contributed by atoms with van der Waals surface area (Å²) in [6.45, 7) is 2.34. The van der Waals surface area contributed by atoms with Gasteiger partial charge in [0.05, 0.1) is 27.8 Å². The predicted octanol–water partition coefficient (Wildman–Crippen LogP) is 3.80. The second-order valence-corrected chi connectivity index (χ2v) is 5.94. The highest BCUT2D eigenvalue weighted by atomic mass is 79.9. The number of hydrogen-bond acceptors (Lipinski definition) is 3. The number of aromatic nitrogens is 1. The standard InChI is InChI=1S/C12H10BrClN2OS/c1-7-16-8(6-18-7)5-15-12(17)9-3-2-4-10(13)11(9)14/h2-4,6H,5H2,1H3,(H,15,17). The summed E-state index contributed by atoms with van der Waals surface area (Å²) < 4.78 is 0.710. The number of nitrogens with one attached hydrogen (secondary N) is 1. The highest BCUT2D eigenvalue weighted by molar-refractivity contribution is 9.10. The number of carbonyl (C=O) groups is 1. The number of halogens is 2. The van der Waals surface area contributed by atoms with Crippen molar-refractivity contribution in [1.82, 2.24) is 10.3 Å². The van der Waals surface area contributed by atoms with Crippen molar-refractivity contribution >= 4 is 44.8 Å². The smallest absolute Gasteiger partial charge is 0.253 e. The Balaban J connectivity index is 2.06. The average Bonchev–Trinajstić information content (AvgIpc) is 2.76. The van der Waals surface area contributed by atoms with Gasteiger partial charge in [-0.3, -0.25) is 4.79 Å². The Bertz CT molecular complexity index is 585. The highest BCUT2D eigenvalue weighted by Crippen LogP contribution is 2.25. The van der Waals surface area contributed by atoms with E-state index < -0.39 is 0 Å². The largest absolute Gasteiger partial charge is 0.346 e. The highest BCUT2D eigenvalue weighted by Gasteiger charge is 2.12. The number of benzene rings is 1. The van der Waals surface area contributed by atoms with Crippen molar-refractivity contribution in [3.05, 3.63) is 49.3 Å². The molecule has 94 valence electrons. The van der Waals surface area contributed by atoms with Crippen LogP contribution in [0.2, 0.25) is 5.02 Å².